The van der Waals surface area contributed by atoms with Gasteiger partial charge in [0.1, 0.15) is 0 Å². The summed E-state index contributed by atoms with van der Waals surface area (Å²) in [5.74, 6) is 0.424. The standard InChI is InChI=1S/C17H20ClNO2S2/c1-4-13(2)14-5-11-17(12-6-14)23(20,21)19(3)22-16-9-7-15(18)8-10-16/h5-13H,4H2,1-3H3. The maximum atomic E-state index is 12.6. The van der Waals surface area contributed by atoms with Gasteiger partial charge in [0.05, 0.1) is 4.90 Å². The molecule has 0 radical (unpaired) electrons. The summed E-state index contributed by atoms with van der Waals surface area (Å²) in [6, 6.07) is 14.2. The highest BCUT2D eigenvalue weighted by molar-refractivity contribution is 8.08. The molecule has 0 saturated heterocycles. The third-order valence-corrected chi connectivity index (χ3v) is 7.09. The third-order valence-electron chi connectivity index (χ3n) is 3.75. The van der Waals surface area contributed by atoms with Gasteiger partial charge in [0, 0.05) is 17.0 Å². The summed E-state index contributed by atoms with van der Waals surface area (Å²) < 4.78 is 26.5. The summed E-state index contributed by atoms with van der Waals surface area (Å²) in [4.78, 5) is 1.12. The minimum absolute atomic E-state index is 0.300. The van der Waals surface area contributed by atoms with Crippen LogP contribution in [0.15, 0.2) is 58.3 Å². The monoisotopic (exact) mass is 369 g/mol. The Bertz CT molecular complexity index is 743. The molecular weight excluding hydrogens is 350 g/mol. The van der Waals surface area contributed by atoms with Gasteiger partial charge in [0.15, 0.2) is 0 Å². The van der Waals surface area contributed by atoms with Crippen LogP contribution in [0.5, 0.6) is 0 Å². The summed E-state index contributed by atoms with van der Waals surface area (Å²) >= 11 is 7.00. The zero-order chi connectivity index (χ0) is 17.0. The highest BCUT2D eigenvalue weighted by atomic mass is 35.5. The predicted molar refractivity (Wildman–Crippen MR) is 97.4 cm³/mol. The Hall–Kier alpha value is -1.01. The fourth-order valence-electron chi connectivity index (χ4n) is 2.05. The molecule has 2 rings (SSSR count). The lowest BCUT2D eigenvalue weighted by molar-refractivity contribution is 0.564. The van der Waals surface area contributed by atoms with Gasteiger partial charge in [0.2, 0.25) is 0 Å². The second-order valence-corrected chi connectivity index (χ2v) is 9.18. The molecular formula is C17H20ClNO2S2. The zero-order valence-corrected chi connectivity index (χ0v) is 15.8. The SMILES string of the molecule is CCC(C)c1ccc(S(=O)(=O)N(C)Sc2ccc(Cl)cc2)cc1. The summed E-state index contributed by atoms with van der Waals surface area (Å²) in [5.41, 5.74) is 1.15. The van der Waals surface area contributed by atoms with Crippen molar-refractivity contribution in [3.8, 4) is 0 Å². The fraction of sp³-hybridized carbons (Fsp3) is 0.294. The van der Waals surface area contributed by atoms with Crippen molar-refractivity contribution < 1.29 is 8.42 Å². The second-order valence-electron chi connectivity index (χ2n) is 5.34. The molecule has 6 heteroatoms. The molecule has 3 nitrogen and oxygen atoms in total. The van der Waals surface area contributed by atoms with Gasteiger partial charge in [-0.2, -0.15) is 0 Å². The number of nitrogens with zero attached hydrogens (tertiary/aromatic N) is 1. The minimum Gasteiger partial charge on any atom is -0.206 e. The number of sulfonamides is 1. The van der Waals surface area contributed by atoms with E-state index in [1.165, 1.54) is 3.71 Å². The van der Waals surface area contributed by atoms with Gasteiger partial charge in [-0.3, -0.25) is 0 Å². The van der Waals surface area contributed by atoms with Crippen LogP contribution in [0.1, 0.15) is 31.7 Å². The molecule has 2 aromatic rings. The first-order valence-electron chi connectivity index (χ1n) is 7.37. The van der Waals surface area contributed by atoms with Crippen molar-refractivity contribution in [1.82, 2.24) is 3.71 Å². The van der Waals surface area contributed by atoms with E-state index in [1.807, 2.05) is 12.1 Å². The van der Waals surface area contributed by atoms with Crippen molar-refractivity contribution in [2.24, 2.45) is 0 Å². The van der Waals surface area contributed by atoms with Crippen LogP contribution >= 0.6 is 23.5 Å². The van der Waals surface area contributed by atoms with Gasteiger partial charge >= 0.3 is 0 Å². The average Bonchev–Trinajstić information content (AvgIpc) is 2.56. The first-order chi connectivity index (χ1) is 10.8. The first-order valence-corrected chi connectivity index (χ1v) is 9.96. The molecule has 124 valence electrons. The smallest absolute Gasteiger partial charge is 0.206 e. The van der Waals surface area contributed by atoms with Gasteiger partial charge in [0.25, 0.3) is 10.0 Å². The summed E-state index contributed by atoms with van der Waals surface area (Å²) in [7, 11) is -1.98. The highest BCUT2D eigenvalue weighted by Gasteiger charge is 2.22. The van der Waals surface area contributed by atoms with Crippen LogP contribution in [0.4, 0.5) is 0 Å². The highest BCUT2D eigenvalue weighted by Crippen LogP contribution is 2.29. The normalized spacial score (nSPS) is 13.3. The molecule has 0 heterocycles. The van der Waals surface area contributed by atoms with Gasteiger partial charge in [-0.15, -0.1) is 3.71 Å². The molecule has 2 aromatic carbocycles. The van der Waals surface area contributed by atoms with E-state index >= 15 is 0 Å². The third kappa shape index (κ3) is 4.51. The van der Waals surface area contributed by atoms with E-state index in [0.717, 1.165) is 28.8 Å². The number of hydrogen-bond acceptors (Lipinski definition) is 3. The number of hydrogen-bond donors (Lipinski definition) is 0. The van der Waals surface area contributed by atoms with Gasteiger partial charge < -0.3 is 0 Å². The van der Waals surface area contributed by atoms with E-state index < -0.39 is 10.0 Å². The lowest BCUT2D eigenvalue weighted by Crippen LogP contribution is -2.20. The quantitative estimate of drug-likeness (QED) is 0.658. The van der Waals surface area contributed by atoms with Gasteiger partial charge in [-0.05, 0) is 66.2 Å². The largest absolute Gasteiger partial charge is 0.252 e. The number of benzene rings is 2. The molecule has 0 aliphatic carbocycles. The maximum absolute atomic E-state index is 12.6. The van der Waals surface area contributed by atoms with Crippen molar-refractivity contribution in [2.75, 3.05) is 7.05 Å². The Morgan fingerprint density at radius 1 is 1.09 bits per heavy atom. The molecule has 1 atom stereocenters. The molecule has 0 N–H and O–H groups in total. The summed E-state index contributed by atoms with van der Waals surface area (Å²) in [6.45, 7) is 4.25. The maximum Gasteiger partial charge on any atom is 0.252 e. The van der Waals surface area contributed by atoms with Crippen LogP contribution in [0.3, 0.4) is 0 Å². The molecule has 0 aromatic heterocycles. The van der Waals surface area contributed by atoms with Crippen LogP contribution in [0, 0.1) is 0 Å². The van der Waals surface area contributed by atoms with Crippen molar-refractivity contribution >= 4 is 33.6 Å². The topological polar surface area (TPSA) is 37.4 Å². The Kier molecular flexibility index (Phi) is 6.14. The number of rotatable bonds is 6. The molecule has 23 heavy (non-hydrogen) atoms. The molecule has 0 amide bonds. The van der Waals surface area contributed by atoms with E-state index in [0.29, 0.717) is 15.8 Å². The zero-order valence-electron chi connectivity index (χ0n) is 13.4. The summed E-state index contributed by atoms with van der Waals surface area (Å²) in [5, 5.41) is 0.625. The van der Waals surface area contributed by atoms with E-state index in [2.05, 4.69) is 13.8 Å². The lowest BCUT2D eigenvalue weighted by Gasteiger charge is -2.17. The average molecular weight is 370 g/mol. The molecule has 0 saturated carbocycles. The Balaban J connectivity index is 2.18. The Morgan fingerprint density at radius 2 is 1.65 bits per heavy atom. The predicted octanol–water partition coefficient (Wildman–Crippen LogP) is 5.18. The van der Waals surface area contributed by atoms with Crippen LogP contribution in [0.2, 0.25) is 5.02 Å². The van der Waals surface area contributed by atoms with Crippen molar-refractivity contribution in [2.45, 2.75) is 36.0 Å². The van der Waals surface area contributed by atoms with Gasteiger partial charge in [-0.25, -0.2) is 8.42 Å². The van der Waals surface area contributed by atoms with Crippen LogP contribution in [0.25, 0.3) is 0 Å². The van der Waals surface area contributed by atoms with E-state index in [1.54, 1.807) is 43.4 Å². The van der Waals surface area contributed by atoms with Crippen molar-refractivity contribution in [3.05, 3.63) is 59.1 Å². The van der Waals surface area contributed by atoms with Gasteiger partial charge in [-0.1, -0.05) is 37.6 Å². The van der Waals surface area contributed by atoms with Crippen LogP contribution < -0.4 is 0 Å². The molecule has 0 aliphatic heterocycles. The lowest BCUT2D eigenvalue weighted by atomic mass is 9.99. The first kappa shape index (κ1) is 18.3. The van der Waals surface area contributed by atoms with Crippen LogP contribution in [-0.2, 0) is 10.0 Å². The molecule has 0 fully saturated rings. The van der Waals surface area contributed by atoms with E-state index in [4.69, 9.17) is 11.6 Å². The van der Waals surface area contributed by atoms with Crippen molar-refractivity contribution in [1.29, 1.82) is 0 Å². The fourth-order valence-corrected chi connectivity index (χ4v) is 4.41. The Labute approximate surface area is 147 Å². The summed E-state index contributed by atoms with van der Waals surface area (Å²) in [6.07, 6.45) is 1.03. The Morgan fingerprint density at radius 3 is 2.17 bits per heavy atom. The molecule has 1 unspecified atom stereocenters. The minimum atomic E-state index is -3.53. The van der Waals surface area contributed by atoms with E-state index in [-0.39, 0.29) is 0 Å². The van der Waals surface area contributed by atoms with Crippen LogP contribution in [-0.4, -0.2) is 19.2 Å². The van der Waals surface area contributed by atoms with E-state index in [9.17, 15) is 8.42 Å². The molecule has 0 bridgehead atoms. The molecule has 0 aliphatic rings. The van der Waals surface area contributed by atoms with Crippen molar-refractivity contribution in [3.63, 3.8) is 0 Å². The number of halogens is 1. The second kappa shape index (κ2) is 7.71. The molecule has 0 spiro atoms.